The Morgan fingerprint density at radius 3 is 2.93 bits per heavy atom. The fourth-order valence-corrected chi connectivity index (χ4v) is 5.16. The second kappa shape index (κ2) is 8.51. The van der Waals surface area contributed by atoms with E-state index in [0.29, 0.717) is 21.5 Å². The van der Waals surface area contributed by atoms with Crippen LogP contribution in [0.1, 0.15) is 55.2 Å². The monoisotopic (exact) mass is 412 g/mol. The molecule has 1 amide bonds. The van der Waals surface area contributed by atoms with E-state index in [0.717, 1.165) is 36.8 Å². The van der Waals surface area contributed by atoms with Crippen LogP contribution >= 0.6 is 22.9 Å². The van der Waals surface area contributed by atoms with E-state index in [9.17, 15) is 10.1 Å². The van der Waals surface area contributed by atoms with Gasteiger partial charge in [0.15, 0.2) is 0 Å². The van der Waals surface area contributed by atoms with Crippen LogP contribution in [0, 0.1) is 22.7 Å². The van der Waals surface area contributed by atoms with Crippen molar-refractivity contribution in [1.82, 2.24) is 0 Å². The molecule has 1 aromatic carbocycles. The summed E-state index contributed by atoms with van der Waals surface area (Å²) < 4.78 is 0. The Bertz CT molecular complexity index is 952. The quantitative estimate of drug-likeness (QED) is 0.572. The Hall–Kier alpha value is -2.09. The third-order valence-electron chi connectivity index (χ3n) is 5.91. The first-order valence-corrected chi connectivity index (χ1v) is 10.8. The highest BCUT2D eigenvalue weighted by Gasteiger charge is 2.33. The number of halogens is 1. The number of hydrogen-bond donors (Lipinski definition) is 1. The highest BCUT2D eigenvalue weighted by Crippen LogP contribution is 2.45. The molecule has 1 N–H and O–H groups in total. The van der Waals surface area contributed by atoms with Gasteiger partial charge in [-0.25, -0.2) is 0 Å². The maximum absolute atomic E-state index is 12.4. The van der Waals surface area contributed by atoms with Crippen LogP contribution in [0.25, 0.3) is 6.08 Å². The lowest BCUT2D eigenvalue weighted by atomic mass is 9.69. The van der Waals surface area contributed by atoms with E-state index in [-0.39, 0.29) is 11.3 Å². The van der Waals surface area contributed by atoms with Gasteiger partial charge in [-0.1, -0.05) is 50.9 Å². The molecule has 2 aromatic rings. The van der Waals surface area contributed by atoms with Crippen LogP contribution in [0.5, 0.6) is 0 Å². The standard InChI is InChI=1S/C23H25ClN2OS/c1-4-23(2,3)16-9-10-18-19(14-25)22(28-20(18)13-16)26-21(27)11-8-15-6-5-7-17(24)12-15/h5-8,11-12,16H,4,9-10,13H2,1-3H3,(H,26,27)/b11-8+. The molecule has 0 saturated heterocycles. The van der Waals surface area contributed by atoms with Gasteiger partial charge in [0, 0.05) is 16.0 Å². The number of fused-ring (bicyclic) bond motifs is 1. The van der Waals surface area contributed by atoms with Crippen molar-refractivity contribution in [2.75, 3.05) is 5.32 Å². The van der Waals surface area contributed by atoms with Gasteiger partial charge in [-0.3, -0.25) is 4.79 Å². The lowest BCUT2D eigenvalue weighted by molar-refractivity contribution is -0.111. The van der Waals surface area contributed by atoms with Crippen molar-refractivity contribution >= 4 is 39.9 Å². The Morgan fingerprint density at radius 2 is 2.25 bits per heavy atom. The number of nitriles is 1. The van der Waals surface area contributed by atoms with Gasteiger partial charge < -0.3 is 5.32 Å². The number of rotatable bonds is 5. The fraction of sp³-hybridized carbons (Fsp3) is 0.391. The third-order valence-corrected chi connectivity index (χ3v) is 7.31. The van der Waals surface area contributed by atoms with Crippen LogP contribution in [0.4, 0.5) is 5.00 Å². The zero-order chi connectivity index (χ0) is 20.3. The van der Waals surface area contributed by atoms with Gasteiger partial charge in [0.25, 0.3) is 0 Å². The molecule has 1 aliphatic rings. The number of anilines is 1. The Kier molecular flexibility index (Phi) is 6.27. The number of carbonyl (C=O) groups excluding carboxylic acids is 1. The van der Waals surface area contributed by atoms with Crippen LogP contribution in [0.15, 0.2) is 30.3 Å². The molecule has 1 aliphatic carbocycles. The van der Waals surface area contributed by atoms with Gasteiger partial charge in [0.1, 0.15) is 11.1 Å². The number of carbonyl (C=O) groups is 1. The summed E-state index contributed by atoms with van der Waals surface area (Å²) in [5.41, 5.74) is 2.91. The van der Waals surface area contributed by atoms with Gasteiger partial charge in [-0.05, 0) is 59.9 Å². The average Bonchev–Trinajstić information content (AvgIpc) is 3.02. The maximum atomic E-state index is 12.4. The first-order chi connectivity index (χ1) is 13.3. The molecule has 0 spiro atoms. The third kappa shape index (κ3) is 4.48. The molecule has 0 bridgehead atoms. The lowest BCUT2D eigenvalue weighted by Crippen LogP contribution is -2.28. The minimum atomic E-state index is -0.236. The summed E-state index contributed by atoms with van der Waals surface area (Å²) in [4.78, 5) is 13.6. The predicted octanol–water partition coefficient (Wildman–Crippen LogP) is 6.47. The van der Waals surface area contributed by atoms with E-state index >= 15 is 0 Å². The predicted molar refractivity (Wildman–Crippen MR) is 118 cm³/mol. The van der Waals surface area contributed by atoms with Crippen LogP contribution < -0.4 is 5.32 Å². The summed E-state index contributed by atoms with van der Waals surface area (Å²) in [7, 11) is 0. The van der Waals surface area contributed by atoms with Crippen molar-refractivity contribution < 1.29 is 4.79 Å². The Morgan fingerprint density at radius 1 is 1.46 bits per heavy atom. The van der Waals surface area contributed by atoms with Crippen LogP contribution in [-0.2, 0) is 17.6 Å². The van der Waals surface area contributed by atoms with Gasteiger partial charge in [-0.15, -0.1) is 11.3 Å². The highest BCUT2D eigenvalue weighted by atomic mass is 35.5. The number of benzene rings is 1. The molecular weight excluding hydrogens is 388 g/mol. The van der Waals surface area contributed by atoms with Crippen LogP contribution in [-0.4, -0.2) is 5.91 Å². The van der Waals surface area contributed by atoms with E-state index in [1.54, 1.807) is 29.5 Å². The molecule has 1 atom stereocenters. The SMILES string of the molecule is CCC(C)(C)C1CCc2c(sc(NC(=O)/C=C/c3cccc(Cl)c3)c2C#N)C1. The van der Waals surface area contributed by atoms with Gasteiger partial charge in [0.2, 0.25) is 5.91 Å². The molecular formula is C23H25ClN2OS. The van der Waals surface area contributed by atoms with E-state index in [1.807, 2.05) is 12.1 Å². The van der Waals surface area contributed by atoms with E-state index in [2.05, 4.69) is 32.2 Å². The zero-order valence-corrected chi connectivity index (χ0v) is 18.1. The molecule has 0 aliphatic heterocycles. The van der Waals surface area contributed by atoms with Crippen molar-refractivity contribution in [3.05, 3.63) is 56.9 Å². The molecule has 3 rings (SSSR count). The van der Waals surface area contributed by atoms with Crippen LogP contribution in [0.3, 0.4) is 0 Å². The average molecular weight is 413 g/mol. The minimum Gasteiger partial charge on any atom is -0.313 e. The van der Waals surface area contributed by atoms with Crippen molar-refractivity contribution in [3.8, 4) is 6.07 Å². The number of thiophene rings is 1. The molecule has 5 heteroatoms. The van der Waals surface area contributed by atoms with E-state index < -0.39 is 0 Å². The van der Waals surface area contributed by atoms with Crippen molar-refractivity contribution in [2.45, 2.75) is 46.5 Å². The highest BCUT2D eigenvalue weighted by molar-refractivity contribution is 7.16. The number of nitrogens with zero attached hydrogens (tertiary/aromatic N) is 1. The second-order valence-electron chi connectivity index (χ2n) is 7.98. The first-order valence-electron chi connectivity index (χ1n) is 9.63. The molecule has 0 fully saturated rings. The molecule has 1 unspecified atom stereocenters. The first kappa shape index (κ1) is 20.6. The molecule has 0 saturated carbocycles. The Balaban J connectivity index is 1.77. The van der Waals surface area contributed by atoms with Gasteiger partial charge >= 0.3 is 0 Å². The topological polar surface area (TPSA) is 52.9 Å². The fourth-order valence-electron chi connectivity index (χ4n) is 3.68. The van der Waals surface area contributed by atoms with E-state index in [1.165, 1.54) is 11.0 Å². The number of hydrogen-bond acceptors (Lipinski definition) is 3. The van der Waals surface area contributed by atoms with Crippen molar-refractivity contribution in [3.63, 3.8) is 0 Å². The van der Waals surface area contributed by atoms with Crippen LogP contribution in [0.2, 0.25) is 5.02 Å². The van der Waals surface area contributed by atoms with Gasteiger partial charge in [0.05, 0.1) is 5.56 Å². The van der Waals surface area contributed by atoms with Crippen molar-refractivity contribution in [1.29, 1.82) is 5.26 Å². The summed E-state index contributed by atoms with van der Waals surface area (Å²) in [5.74, 6) is 0.377. The van der Waals surface area contributed by atoms with Crippen molar-refractivity contribution in [2.24, 2.45) is 11.3 Å². The second-order valence-corrected chi connectivity index (χ2v) is 9.52. The molecule has 28 heavy (non-hydrogen) atoms. The summed E-state index contributed by atoms with van der Waals surface area (Å²) in [6.07, 6.45) is 7.35. The lowest BCUT2D eigenvalue weighted by Gasteiger charge is -2.36. The number of amides is 1. The zero-order valence-electron chi connectivity index (χ0n) is 16.5. The Labute approximate surface area is 176 Å². The normalized spacial score (nSPS) is 16.6. The smallest absolute Gasteiger partial charge is 0.249 e. The summed E-state index contributed by atoms with van der Waals surface area (Å²) in [5, 5.41) is 13.9. The summed E-state index contributed by atoms with van der Waals surface area (Å²) in [6.45, 7) is 6.89. The van der Waals surface area contributed by atoms with E-state index in [4.69, 9.17) is 11.6 Å². The maximum Gasteiger partial charge on any atom is 0.249 e. The van der Waals surface area contributed by atoms with Gasteiger partial charge in [-0.2, -0.15) is 5.26 Å². The molecule has 0 radical (unpaired) electrons. The summed E-state index contributed by atoms with van der Waals surface area (Å²) in [6, 6.07) is 9.63. The summed E-state index contributed by atoms with van der Waals surface area (Å²) >= 11 is 7.53. The molecule has 1 aromatic heterocycles. The molecule has 1 heterocycles. The molecule has 146 valence electrons. The number of nitrogens with one attached hydrogen (secondary N) is 1. The minimum absolute atomic E-state index is 0.236. The molecule has 3 nitrogen and oxygen atoms in total. The largest absolute Gasteiger partial charge is 0.313 e.